The lowest BCUT2D eigenvalue weighted by Gasteiger charge is -2.49. The highest BCUT2D eigenvalue weighted by Gasteiger charge is 2.35. The zero-order valence-corrected chi connectivity index (χ0v) is 10.7. The molecule has 2 atom stereocenters. The molecule has 17 heavy (non-hydrogen) atoms. The monoisotopic (exact) mass is 257 g/mol. The molecule has 1 aliphatic heterocycles. The molecule has 6 heteroatoms. The van der Waals surface area contributed by atoms with Crippen LogP contribution >= 0.6 is 11.6 Å². The summed E-state index contributed by atoms with van der Waals surface area (Å²) < 4.78 is 4.52. The van der Waals surface area contributed by atoms with Gasteiger partial charge in [0.25, 0.3) is 5.82 Å². The molecule has 1 aliphatic rings. The number of hydrogen-bond acceptors (Lipinski definition) is 4. The Hall–Kier alpha value is -0.880. The Morgan fingerprint density at radius 2 is 2.41 bits per heavy atom. The number of methoxy groups -OCH3 is 1. The van der Waals surface area contributed by atoms with E-state index in [0.29, 0.717) is 30.7 Å². The molecule has 0 aliphatic carbocycles. The highest BCUT2D eigenvalue weighted by molar-refractivity contribution is 6.29. The lowest BCUT2D eigenvalue weighted by molar-refractivity contribution is 0.154. The third kappa shape index (κ3) is 2.24. The van der Waals surface area contributed by atoms with E-state index >= 15 is 0 Å². The van der Waals surface area contributed by atoms with Gasteiger partial charge in [0.15, 0.2) is 0 Å². The number of pyridine rings is 1. The molecule has 0 bridgehead atoms. The molecular formula is C11H16ClN3O2. The van der Waals surface area contributed by atoms with Crippen LogP contribution in [-0.4, -0.2) is 37.8 Å². The van der Waals surface area contributed by atoms with Gasteiger partial charge in [-0.05, 0) is 19.1 Å². The van der Waals surface area contributed by atoms with Gasteiger partial charge >= 0.3 is 0 Å². The molecule has 5 nitrogen and oxygen atoms in total. The van der Waals surface area contributed by atoms with Gasteiger partial charge in [-0.25, -0.2) is 0 Å². The van der Waals surface area contributed by atoms with Gasteiger partial charge in [-0.1, -0.05) is 11.6 Å². The molecular weight excluding hydrogens is 242 g/mol. The second-order valence-electron chi connectivity index (χ2n) is 4.25. The lowest BCUT2D eigenvalue weighted by Crippen LogP contribution is -2.58. The van der Waals surface area contributed by atoms with Crippen LogP contribution in [-0.2, 0) is 4.74 Å². The minimum atomic E-state index is -0.489. The van der Waals surface area contributed by atoms with E-state index in [1.807, 2.05) is 6.92 Å². The van der Waals surface area contributed by atoms with Crippen LogP contribution in [0.5, 0.6) is 0 Å². The molecule has 0 saturated carbocycles. The molecule has 0 aromatic carbocycles. The van der Waals surface area contributed by atoms with Crippen LogP contribution in [0.1, 0.15) is 6.92 Å². The first-order valence-corrected chi connectivity index (χ1v) is 5.94. The first kappa shape index (κ1) is 12.6. The Morgan fingerprint density at radius 3 is 3.12 bits per heavy atom. The normalized spacial score (nSPS) is 27.4. The van der Waals surface area contributed by atoms with Gasteiger partial charge in [0.2, 0.25) is 0 Å². The summed E-state index contributed by atoms with van der Waals surface area (Å²) in [6, 6.07) is 3.38. The topological polar surface area (TPSA) is 57.2 Å². The minimum absolute atomic E-state index is 0.108. The van der Waals surface area contributed by atoms with Crippen molar-refractivity contribution in [1.29, 1.82) is 0 Å². The van der Waals surface area contributed by atoms with E-state index in [1.54, 1.807) is 19.2 Å². The number of halogens is 1. The van der Waals surface area contributed by atoms with Gasteiger partial charge in [0.05, 0.1) is 13.2 Å². The number of aromatic nitrogens is 1. The third-order valence-corrected chi connectivity index (χ3v) is 3.34. The van der Waals surface area contributed by atoms with E-state index in [0.717, 1.165) is 5.69 Å². The highest BCUT2D eigenvalue weighted by Crippen LogP contribution is 2.35. The molecule has 2 rings (SSSR count). The summed E-state index contributed by atoms with van der Waals surface area (Å²) in [7, 11) is 1.59. The number of ether oxygens (including phenoxy) is 1. The molecule has 2 unspecified atom stereocenters. The number of hydrogen-bond donors (Lipinski definition) is 1. The molecule has 1 aromatic rings. The Labute approximate surface area is 106 Å². The molecule has 0 radical (unpaired) electrons. The van der Waals surface area contributed by atoms with E-state index in [-0.39, 0.29) is 6.04 Å². The molecule has 0 saturated heterocycles. The van der Waals surface area contributed by atoms with E-state index in [4.69, 9.17) is 16.3 Å². The highest BCUT2D eigenvalue weighted by atomic mass is 35.5. The van der Waals surface area contributed by atoms with Crippen LogP contribution in [0, 0.1) is 5.21 Å². The summed E-state index contributed by atoms with van der Waals surface area (Å²) in [6.07, 6.45) is 0. The molecule has 2 heterocycles. The Bertz CT molecular complexity index is 416. The van der Waals surface area contributed by atoms with E-state index in [1.165, 1.54) is 0 Å². The number of rotatable bonds is 3. The summed E-state index contributed by atoms with van der Waals surface area (Å²) >= 11 is 5.87. The smallest absolute Gasteiger partial charge is 0.253 e. The zero-order chi connectivity index (χ0) is 12.5. The van der Waals surface area contributed by atoms with Crippen molar-refractivity contribution in [1.82, 2.24) is 9.63 Å². The molecule has 1 N–H and O–H groups in total. The van der Waals surface area contributed by atoms with Crippen molar-refractivity contribution < 1.29 is 4.74 Å². The minimum Gasteiger partial charge on any atom is -0.626 e. The number of anilines is 1. The van der Waals surface area contributed by atoms with E-state index in [9.17, 15) is 5.21 Å². The SMILES string of the molecule is COCC[N+]1([O-])c2nc(Cl)ccc2NCC1C. The maximum atomic E-state index is 12.9. The van der Waals surface area contributed by atoms with Gasteiger partial charge in [0.1, 0.15) is 23.4 Å². The first-order chi connectivity index (χ1) is 8.08. The second kappa shape index (κ2) is 4.78. The quantitative estimate of drug-likeness (QED) is 0.511. The van der Waals surface area contributed by atoms with Crippen molar-refractivity contribution in [2.45, 2.75) is 13.0 Å². The Morgan fingerprint density at radius 1 is 1.65 bits per heavy atom. The summed E-state index contributed by atoms with van der Waals surface area (Å²) in [5.41, 5.74) is 0.763. The van der Waals surface area contributed by atoms with Crippen LogP contribution in [0.3, 0.4) is 0 Å². The maximum Gasteiger partial charge on any atom is 0.253 e. The van der Waals surface area contributed by atoms with Crippen molar-refractivity contribution in [2.75, 3.05) is 32.1 Å². The summed E-state index contributed by atoms with van der Waals surface area (Å²) in [6.45, 7) is 3.28. The fourth-order valence-corrected chi connectivity index (χ4v) is 2.16. The largest absolute Gasteiger partial charge is 0.626 e. The van der Waals surface area contributed by atoms with Crippen molar-refractivity contribution in [3.8, 4) is 0 Å². The van der Waals surface area contributed by atoms with Crippen molar-refractivity contribution in [2.24, 2.45) is 0 Å². The molecule has 0 amide bonds. The van der Waals surface area contributed by atoms with E-state index < -0.39 is 4.65 Å². The molecule has 0 spiro atoms. The van der Waals surface area contributed by atoms with Crippen LogP contribution in [0.15, 0.2) is 12.1 Å². The number of quaternary nitrogens is 1. The fourth-order valence-electron chi connectivity index (χ4n) is 2.02. The predicted octanol–water partition coefficient (Wildman–Crippen LogP) is 2.00. The second-order valence-corrected chi connectivity index (χ2v) is 4.63. The fraction of sp³-hybridized carbons (Fsp3) is 0.545. The van der Waals surface area contributed by atoms with Gasteiger partial charge in [-0.15, -0.1) is 0 Å². The van der Waals surface area contributed by atoms with Crippen LogP contribution in [0.2, 0.25) is 5.15 Å². The third-order valence-electron chi connectivity index (χ3n) is 3.13. The van der Waals surface area contributed by atoms with Crippen molar-refractivity contribution >= 4 is 23.1 Å². The average molecular weight is 258 g/mol. The average Bonchev–Trinajstić information content (AvgIpc) is 2.32. The number of nitrogens with one attached hydrogen (secondary N) is 1. The first-order valence-electron chi connectivity index (χ1n) is 5.56. The van der Waals surface area contributed by atoms with Gasteiger partial charge in [0, 0.05) is 7.11 Å². The van der Waals surface area contributed by atoms with Crippen LogP contribution in [0.25, 0.3) is 0 Å². The van der Waals surface area contributed by atoms with Crippen LogP contribution in [0.4, 0.5) is 11.5 Å². The summed E-state index contributed by atoms with van der Waals surface area (Å²) in [4.78, 5) is 4.18. The maximum absolute atomic E-state index is 12.9. The number of fused-ring (bicyclic) bond motifs is 1. The van der Waals surface area contributed by atoms with Gasteiger partial charge < -0.3 is 19.9 Å². The predicted molar refractivity (Wildman–Crippen MR) is 69.1 cm³/mol. The van der Waals surface area contributed by atoms with E-state index in [2.05, 4.69) is 10.3 Å². The molecule has 0 fully saturated rings. The number of nitrogens with zero attached hydrogens (tertiary/aromatic N) is 2. The zero-order valence-electron chi connectivity index (χ0n) is 9.94. The van der Waals surface area contributed by atoms with Gasteiger partial charge in [-0.2, -0.15) is 4.98 Å². The Kier molecular flexibility index (Phi) is 3.53. The standard InChI is InChI=1S/C11H16ClN3O2/c1-8-7-13-9-3-4-10(12)14-11(9)15(8,16)5-6-17-2/h3-4,8,13H,5-7H2,1-2H3. The van der Waals surface area contributed by atoms with Crippen molar-refractivity contribution in [3.05, 3.63) is 22.5 Å². The Balaban J connectivity index is 2.41. The van der Waals surface area contributed by atoms with Crippen molar-refractivity contribution in [3.63, 3.8) is 0 Å². The number of hydroxylamine groups is 2. The summed E-state index contributed by atoms with van der Waals surface area (Å²) in [5.74, 6) is 0.452. The molecule has 1 aromatic heterocycles. The van der Waals surface area contributed by atoms with Crippen LogP contribution < -0.4 is 9.96 Å². The lowest BCUT2D eigenvalue weighted by atomic mass is 10.1. The molecule has 94 valence electrons. The van der Waals surface area contributed by atoms with Gasteiger partial charge in [-0.3, -0.25) is 0 Å². The summed E-state index contributed by atoms with van der Waals surface area (Å²) in [5, 5.41) is 16.4.